The minimum absolute atomic E-state index is 0.161. The van der Waals surface area contributed by atoms with Gasteiger partial charge in [-0.05, 0) is 19.3 Å². The topological polar surface area (TPSA) is 52.5 Å². The van der Waals surface area contributed by atoms with Crippen LogP contribution in [0.4, 0.5) is 0 Å². The lowest BCUT2D eigenvalue weighted by atomic mass is 10.0. The average molecular weight is 143 g/mol. The highest BCUT2D eigenvalue weighted by atomic mass is 16.3. The van der Waals surface area contributed by atoms with Gasteiger partial charge >= 0.3 is 0 Å². The van der Waals surface area contributed by atoms with Crippen LogP contribution in [0.2, 0.25) is 0 Å². The molecule has 0 radical (unpaired) electrons. The second-order valence-corrected chi connectivity index (χ2v) is 3.40. The summed E-state index contributed by atoms with van der Waals surface area (Å²) in [5.41, 5.74) is 0. The van der Waals surface area contributed by atoms with E-state index in [1.807, 2.05) is 0 Å². The number of aliphatic hydroxyl groups excluding tert-OH is 2. The molecule has 4 atom stereocenters. The first kappa shape index (κ1) is 6.58. The van der Waals surface area contributed by atoms with Crippen LogP contribution in [0.25, 0.3) is 0 Å². The average Bonchev–Trinajstić information content (AvgIpc) is 2.07. The molecule has 2 bridgehead atoms. The van der Waals surface area contributed by atoms with Crippen molar-refractivity contribution in [3.05, 3.63) is 0 Å². The summed E-state index contributed by atoms with van der Waals surface area (Å²) in [7, 11) is 0. The highest BCUT2D eigenvalue weighted by molar-refractivity contribution is 4.97. The molecule has 3 nitrogen and oxygen atoms in total. The summed E-state index contributed by atoms with van der Waals surface area (Å²) in [5.74, 6) is 0. The largest absolute Gasteiger partial charge is 0.393 e. The zero-order chi connectivity index (χ0) is 7.14. The Morgan fingerprint density at radius 2 is 1.90 bits per heavy atom. The highest BCUT2D eigenvalue weighted by Gasteiger charge is 2.38. The van der Waals surface area contributed by atoms with Crippen LogP contribution < -0.4 is 5.32 Å². The standard InChI is InChI=1S/C7H13NO2/c9-5-1-4-2-7(10)6(3-5)8-4/h4-10H,1-3H2/t4-,5+,6-,7+/m0/s1. The third-order valence-corrected chi connectivity index (χ3v) is 2.52. The quantitative estimate of drug-likeness (QED) is 0.417. The Bertz CT molecular complexity index is 135. The van der Waals surface area contributed by atoms with Crippen LogP contribution in [0.15, 0.2) is 0 Å². The molecule has 2 aliphatic rings. The van der Waals surface area contributed by atoms with E-state index >= 15 is 0 Å². The van der Waals surface area contributed by atoms with Gasteiger partial charge in [0, 0.05) is 12.1 Å². The van der Waals surface area contributed by atoms with E-state index in [0.717, 1.165) is 19.3 Å². The van der Waals surface area contributed by atoms with Gasteiger partial charge in [-0.3, -0.25) is 0 Å². The number of nitrogens with one attached hydrogen (secondary N) is 1. The van der Waals surface area contributed by atoms with E-state index in [-0.39, 0.29) is 18.2 Å². The lowest BCUT2D eigenvalue weighted by Gasteiger charge is -2.25. The fourth-order valence-electron chi connectivity index (χ4n) is 2.04. The lowest BCUT2D eigenvalue weighted by molar-refractivity contribution is 0.0918. The molecule has 0 aromatic rings. The Morgan fingerprint density at radius 3 is 2.60 bits per heavy atom. The van der Waals surface area contributed by atoms with Gasteiger partial charge in [0.15, 0.2) is 0 Å². The summed E-state index contributed by atoms with van der Waals surface area (Å²) < 4.78 is 0. The number of aliphatic hydroxyl groups is 2. The number of piperidine rings is 1. The molecule has 0 saturated carbocycles. The summed E-state index contributed by atoms with van der Waals surface area (Å²) >= 11 is 0. The van der Waals surface area contributed by atoms with Gasteiger partial charge in [0.1, 0.15) is 0 Å². The van der Waals surface area contributed by atoms with Crippen molar-refractivity contribution >= 4 is 0 Å². The first-order valence-electron chi connectivity index (χ1n) is 3.88. The van der Waals surface area contributed by atoms with Crippen LogP contribution in [0.3, 0.4) is 0 Å². The molecule has 2 fully saturated rings. The molecule has 58 valence electrons. The number of hydrogen-bond donors (Lipinski definition) is 3. The third kappa shape index (κ3) is 0.944. The van der Waals surface area contributed by atoms with E-state index in [1.165, 1.54) is 0 Å². The SMILES string of the molecule is O[C@@H]1C[C@H]2C[C@@H](O)[C@H](C1)N2. The molecule has 0 unspecified atom stereocenters. The summed E-state index contributed by atoms with van der Waals surface area (Å²) in [5, 5.41) is 21.9. The van der Waals surface area contributed by atoms with Gasteiger partial charge in [-0.15, -0.1) is 0 Å². The number of fused-ring (bicyclic) bond motifs is 2. The zero-order valence-corrected chi connectivity index (χ0v) is 5.83. The smallest absolute Gasteiger partial charge is 0.0709 e. The van der Waals surface area contributed by atoms with Gasteiger partial charge in [0.2, 0.25) is 0 Å². The molecule has 3 heteroatoms. The van der Waals surface area contributed by atoms with E-state index in [9.17, 15) is 10.2 Å². The van der Waals surface area contributed by atoms with Crippen molar-refractivity contribution in [3.8, 4) is 0 Å². The molecule has 3 N–H and O–H groups in total. The second kappa shape index (κ2) is 2.19. The van der Waals surface area contributed by atoms with Gasteiger partial charge < -0.3 is 15.5 Å². The predicted molar refractivity (Wildman–Crippen MR) is 36.6 cm³/mol. The van der Waals surface area contributed by atoms with Crippen LogP contribution in [-0.4, -0.2) is 34.5 Å². The van der Waals surface area contributed by atoms with E-state index in [2.05, 4.69) is 5.32 Å². The Labute approximate surface area is 60.1 Å². The molecule has 0 aromatic carbocycles. The Kier molecular flexibility index (Phi) is 1.44. The zero-order valence-electron chi connectivity index (χ0n) is 5.83. The van der Waals surface area contributed by atoms with E-state index < -0.39 is 0 Å². The van der Waals surface area contributed by atoms with Crippen molar-refractivity contribution in [2.75, 3.05) is 0 Å². The minimum atomic E-state index is -0.220. The molecular weight excluding hydrogens is 130 g/mol. The van der Waals surface area contributed by atoms with Gasteiger partial charge in [-0.25, -0.2) is 0 Å². The third-order valence-electron chi connectivity index (χ3n) is 2.52. The summed E-state index contributed by atoms with van der Waals surface area (Å²) in [6, 6.07) is 0.525. The van der Waals surface area contributed by atoms with Gasteiger partial charge in [0.25, 0.3) is 0 Å². The van der Waals surface area contributed by atoms with Crippen LogP contribution >= 0.6 is 0 Å². The van der Waals surface area contributed by atoms with E-state index in [4.69, 9.17) is 0 Å². The number of hydrogen-bond acceptors (Lipinski definition) is 3. The monoisotopic (exact) mass is 143 g/mol. The predicted octanol–water partition coefficient (Wildman–Crippen LogP) is -0.768. The Hall–Kier alpha value is -0.120. The van der Waals surface area contributed by atoms with Crippen LogP contribution in [-0.2, 0) is 0 Å². The first-order chi connectivity index (χ1) is 4.75. The molecule has 0 aromatic heterocycles. The van der Waals surface area contributed by atoms with Gasteiger partial charge in [-0.1, -0.05) is 0 Å². The van der Waals surface area contributed by atoms with E-state index in [0.29, 0.717) is 6.04 Å². The summed E-state index contributed by atoms with van der Waals surface area (Å²) in [6.45, 7) is 0. The molecule has 0 amide bonds. The van der Waals surface area contributed by atoms with Gasteiger partial charge in [0.05, 0.1) is 12.2 Å². The van der Waals surface area contributed by atoms with Crippen molar-refractivity contribution in [3.63, 3.8) is 0 Å². The Morgan fingerprint density at radius 1 is 1.10 bits per heavy atom. The molecular formula is C7H13NO2. The molecule has 2 heterocycles. The molecule has 0 spiro atoms. The minimum Gasteiger partial charge on any atom is -0.393 e. The maximum absolute atomic E-state index is 9.34. The molecule has 10 heavy (non-hydrogen) atoms. The fourth-order valence-corrected chi connectivity index (χ4v) is 2.04. The molecule has 2 aliphatic heterocycles. The van der Waals surface area contributed by atoms with Gasteiger partial charge in [-0.2, -0.15) is 0 Å². The number of rotatable bonds is 0. The van der Waals surface area contributed by atoms with Crippen LogP contribution in [0.5, 0.6) is 0 Å². The van der Waals surface area contributed by atoms with Crippen molar-refractivity contribution in [2.24, 2.45) is 0 Å². The maximum Gasteiger partial charge on any atom is 0.0709 e. The van der Waals surface area contributed by atoms with Crippen molar-refractivity contribution in [2.45, 2.75) is 43.6 Å². The maximum atomic E-state index is 9.34. The highest BCUT2D eigenvalue weighted by Crippen LogP contribution is 2.26. The summed E-state index contributed by atoms with van der Waals surface area (Å²) in [4.78, 5) is 0. The van der Waals surface area contributed by atoms with Crippen molar-refractivity contribution in [1.29, 1.82) is 0 Å². The van der Waals surface area contributed by atoms with Crippen molar-refractivity contribution < 1.29 is 10.2 Å². The Balaban J connectivity index is 2.06. The fraction of sp³-hybridized carbons (Fsp3) is 1.00. The first-order valence-corrected chi connectivity index (χ1v) is 3.88. The summed E-state index contributed by atoms with van der Waals surface area (Å²) in [6.07, 6.45) is 1.95. The lowest BCUT2D eigenvalue weighted by Crippen LogP contribution is -2.42. The van der Waals surface area contributed by atoms with Crippen LogP contribution in [0, 0.1) is 0 Å². The molecule has 2 rings (SSSR count). The van der Waals surface area contributed by atoms with E-state index in [1.54, 1.807) is 0 Å². The molecule has 2 saturated heterocycles. The molecule has 0 aliphatic carbocycles. The normalized spacial score (nSPS) is 53.4. The second-order valence-electron chi connectivity index (χ2n) is 3.40. The van der Waals surface area contributed by atoms with Crippen molar-refractivity contribution in [1.82, 2.24) is 5.32 Å². The van der Waals surface area contributed by atoms with Crippen LogP contribution in [0.1, 0.15) is 19.3 Å².